The average molecular weight is 460 g/mol. The molecule has 1 N–H and O–H groups in total. The van der Waals surface area contributed by atoms with Gasteiger partial charge in [-0.3, -0.25) is 9.69 Å². The number of ether oxygens (including phenoxy) is 3. The third kappa shape index (κ3) is 5.94. The maximum Gasteiger partial charge on any atom is 0.238 e. The summed E-state index contributed by atoms with van der Waals surface area (Å²) in [5.41, 5.74) is 2.90. The zero-order valence-corrected chi connectivity index (χ0v) is 19.8. The Hall–Kier alpha value is -2.29. The van der Waals surface area contributed by atoms with Crippen molar-refractivity contribution in [3.8, 4) is 11.5 Å². The Morgan fingerprint density at radius 2 is 1.94 bits per heavy atom. The molecule has 0 bridgehead atoms. The number of benzene rings is 1. The Bertz CT molecular complexity index is 880. The van der Waals surface area contributed by atoms with E-state index in [2.05, 4.69) is 31.9 Å². The van der Waals surface area contributed by atoms with E-state index in [4.69, 9.17) is 14.2 Å². The van der Waals surface area contributed by atoms with Gasteiger partial charge in [0.1, 0.15) is 11.5 Å². The summed E-state index contributed by atoms with van der Waals surface area (Å²) in [5.74, 6) is 1.39. The number of rotatable bonds is 11. The second-order valence-electron chi connectivity index (χ2n) is 8.10. The van der Waals surface area contributed by atoms with E-state index in [0.29, 0.717) is 50.5 Å². The van der Waals surface area contributed by atoms with Crippen LogP contribution in [0.2, 0.25) is 0 Å². The van der Waals surface area contributed by atoms with Crippen LogP contribution in [0.4, 0.5) is 11.4 Å². The van der Waals surface area contributed by atoms with Gasteiger partial charge in [-0.25, -0.2) is 0 Å². The minimum atomic E-state index is -0.0327. The van der Waals surface area contributed by atoms with Gasteiger partial charge in [-0.15, -0.1) is 0 Å². The Morgan fingerprint density at radius 3 is 2.59 bits per heavy atom. The molecule has 1 saturated carbocycles. The monoisotopic (exact) mass is 459 g/mol. The average Bonchev–Trinajstić information content (AvgIpc) is 3.52. The molecule has 2 aromatic rings. The van der Waals surface area contributed by atoms with Crippen molar-refractivity contribution in [3.63, 3.8) is 0 Å². The van der Waals surface area contributed by atoms with Crippen LogP contribution in [0.1, 0.15) is 32.3 Å². The summed E-state index contributed by atoms with van der Waals surface area (Å²) >= 11 is 1.69. The molecular weight excluding hydrogens is 426 g/mol. The fraction of sp³-hybridized carbons (Fsp3) is 0.542. The highest BCUT2D eigenvalue weighted by Gasteiger charge is 2.30. The normalized spacial score (nSPS) is 16.3. The lowest BCUT2D eigenvalue weighted by Crippen LogP contribution is -2.36. The second-order valence-corrected chi connectivity index (χ2v) is 8.88. The fourth-order valence-corrected chi connectivity index (χ4v) is 4.65. The van der Waals surface area contributed by atoms with Gasteiger partial charge in [0.05, 0.1) is 44.3 Å². The van der Waals surface area contributed by atoms with Gasteiger partial charge < -0.3 is 24.4 Å². The molecule has 0 radical (unpaired) electrons. The zero-order chi connectivity index (χ0) is 22.3. The fourth-order valence-electron chi connectivity index (χ4n) is 3.99. The first kappa shape index (κ1) is 22.9. The van der Waals surface area contributed by atoms with E-state index in [1.165, 1.54) is 5.56 Å². The van der Waals surface area contributed by atoms with E-state index in [-0.39, 0.29) is 5.91 Å². The summed E-state index contributed by atoms with van der Waals surface area (Å²) in [4.78, 5) is 17.5. The summed E-state index contributed by atoms with van der Waals surface area (Å²) in [6.07, 6.45) is 2.31. The number of morpholine rings is 1. The molecule has 1 aromatic heterocycles. The summed E-state index contributed by atoms with van der Waals surface area (Å²) in [6.45, 7) is 9.14. The highest BCUT2D eigenvalue weighted by Crippen LogP contribution is 2.39. The van der Waals surface area contributed by atoms with Crippen LogP contribution in [0.25, 0.3) is 0 Å². The number of carbonyl (C=O) groups excluding carboxylic acids is 1. The molecule has 2 aliphatic rings. The number of thiophene rings is 1. The van der Waals surface area contributed by atoms with Crippen molar-refractivity contribution in [2.24, 2.45) is 0 Å². The van der Waals surface area contributed by atoms with Crippen LogP contribution >= 0.6 is 11.3 Å². The first-order valence-electron chi connectivity index (χ1n) is 11.5. The first-order valence-corrected chi connectivity index (χ1v) is 12.4. The van der Waals surface area contributed by atoms with E-state index in [1.807, 2.05) is 26.0 Å². The van der Waals surface area contributed by atoms with E-state index < -0.39 is 0 Å². The smallest absolute Gasteiger partial charge is 0.238 e. The molecule has 1 aromatic carbocycles. The zero-order valence-electron chi connectivity index (χ0n) is 19.0. The van der Waals surface area contributed by atoms with Crippen molar-refractivity contribution in [2.45, 2.75) is 39.3 Å². The van der Waals surface area contributed by atoms with Gasteiger partial charge in [-0.1, -0.05) is 0 Å². The minimum absolute atomic E-state index is 0.0327. The van der Waals surface area contributed by atoms with Crippen molar-refractivity contribution in [3.05, 3.63) is 34.5 Å². The van der Waals surface area contributed by atoms with Crippen molar-refractivity contribution < 1.29 is 19.0 Å². The molecule has 8 heteroatoms. The highest BCUT2D eigenvalue weighted by atomic mass is 32.1. The van der Waals surface area contributed by atoms with Gasteiger partial charge >= 0.3 is 0 Å². The molecule has 174 valence electrons. The van der Waals surface area contributed by atoms with Gasteiger partial charge in [0.15, 0.2) is 0 Å². The Kier molecular flexibility index (Phi) is 7.89. The molecule has 32 heavy (non-hydrogen) atoms. The predicted octanol–water partition coefficient (Wildman–Crippen LogP) is 3.99. The lowest BCUT2D eigenvalue weighted by molar-refractivity contribution is -0.117. The minimum Gasteiger partial charge on any atom is -0.492 e. The lowest BCUT2D eigenvalue weighted by Gasteiger charge is -2.31. The quantitative estimate of drug-likeness (QED) is 0.548. The molecule has 1 aliphatic carbocycles. The maximum atomic E-state index is 13.0. The van der Waals surface area contributed by atoms with Crippen LogP contribution in [0, 0.1) is 0 Å². The van der Waals surface area contributed by atoms with Crippen LogP contribution in [0.3, 0.4) is 0 Å². The Labute approximate surface area is 194 Å². The van der Waals surface area contributed by atoms with Crippen molar-refractivity contribution >= 4 is 28.6 Å². The number of nitrogens with one attached hydrogen (secondary N) is 1. The van der Waals surface area contributed by atoms with Crippen LogP contribution in [-0.4, -0.2) is 62.9 Å². The van der Waals surface area contributed by atoms with E-state index in [0.717, 1.165) is 43.9 Å². The molecule has 0 unspecified atom stereocenters. The van der Waals surface area contributed by atoms with Gasteiger partial charge in [-0.05, 0) is 49.1 Å². The summed E-state index contributed by atoms with van der Waals surface area (Å²) in [6, 6.07) is 6.51. The van der Waals surface area contributed by atoms with E-state index >= 15 is 0 Å². The molecule has 1 amide bonds. The van der Waals surface area contributed by atoms with Crippen molar-refractivity contribution in [2.75, 3.05) is 56.3 Å². The number of amides is 1. The Balaban J connectivity index is 1.51. The molecule has 0 atom stereocenters. The highest BCUT2D eigenvalue weighted by molar-refractivity contribution is 7.07. The van der Waals surface area contributed by atoms with Gasteiger partial charge in [0, 0.05) is 37.8 Å². The lowest BCUT2D eigenvalue weighted by atomic mass is 10.2. The molecule has 4 rings (SSSR count). The SMILES string of the molecule is CCOc1cc(N2CCOCC2)c(OCC)cc1NC(=O)CN(Cc1ccsc1)C1CC1. The van der Waals surface area contributed by atoms with Crippen LogP contribution < -0.4 is 19.7 Å². The summed E-state index contributed by atoms with van der Waals surface area (Å²) < 4.78 is 17.4. The number of anilines is 2. The standard InChI is InChI=1S/C24H33N3O4S/c1-3-30-22-14-21(26-8-10-29-11-9-26)23(31-4-2)13-20(22)25-24(28)16-27(19-5-6-19)15-18-7-12-32-17-18/h7,12-14,17,19H,3-6,8-11,15-16H2,1-2H3,(H,25,28). The summed E-state index contributed by atoms with van der Waals surface area (Å²) in [5, 5.41) is 7.33. The van der Waals surface area contributed by atoms with Crippen LogP contribution in [-0.2, 0) is 16.1 Å². The summed E-state index contributed by atoms with van der Waals surface area (Å²) in [7, 11) is 0. The third-order valence-electron chi connectivity index (χ3n) is 5.66. The van der Waals surface area contributed by atoms with Crippen molar-refractivity contribution in [1.29, 1.82) is 0 Å². The first-order chi connectivity index (χ1) is 15.7. The maximum absolute atomic E-state index is 13.0. The van der Waals surface area contributed by atoms with E-state index in [1.54, 1.807) is 11.3 Å². The molecule has 7 nitrogen and oxygen atoms in total. The van der Waals surface area contributed by atoms with Crippen molar-refractivity contribution in [1.82, 2.24) is 4.90 Å². The molecule has 2 fully saturated rings. The third-order valence-corrected chi connectivity index (χ3v) is 6.39. The molecule has 1 aliphatic heterocycles. The topological polar surface area (TPSA) is 63.3 Å². The largest absolute Gasteiger partial charge is 0.492 e. The second kappa shape index (κ2) is 11.0. The molecular formula is C24H33N3O4S. The van der Waals surface area contributed by atoms with Gasteiger partial charge in [0.25, 0.3) is 0 Å². The van der Waals surface area contributed by atoms with E-state index in [9.17, 15) is 4.79 Å². The molecule has 1 saturated heterocycles. The van der Waals surface area contributed by atoms with Gasteiger partial charge in [0.2, 0.25) is 5.91 Å². The van der Waals surface area contributed by atoms with Crippen LogP contribution in [0.15, 0.2) is 29.0 Å². The number of hydrogen-bond donors (Lipinski definition) is 1. The molecule has 2 heterocycles. The number of carbonyl (C=O) groups is 1. The number of nitrogens with zero attached hydrogens (tertiary/aromatic N) is 2. The molecule has 0 spiro atoms. The van der Waals surface area contributed by atoms with Gasteiger partial charge in [-0.2, -0.15) is 11.3 Å². The predicted molar refractivity (Wildman–Crippen MR) is 128 cm³/mol. The van der Waals surface area contributed by atoms with Crippen LogP contribution in [0.5, 0.6) is 11.5 Å². The Morgan fingerprint density at radius 1 is 1.19 bits per heavy atom. The number of hydrogen-bond acceptors (Lipinski definition) is 7.